The van der Waals surface area contributed by atoms with Crippen LogP contribution < -0.4 is 0 Å². The number of carbonyl (C=O) groups is 1. The van der Waals surface area contributed by atoms with E-state index in [-0.39, 0.29) is 12.0 Å². The Morgan fingerprint density at radius 1 is 1.48 bits per heavy atom. The average molecular weight is 332 g/mol. The first kappa shape index (κ1) is 16.0. The molecule has 1 aliphatic rings. The first-order valence-corrected chi connectivity index (χ1v) is 8.55. The van der Waals surface area contributed by atoms with Gasteiger partial charge in [0.2, 0.25) is 0 Å². The minimum Gasteiger partial charge on any atom is -0.375 e. The molecule has 3 rings (SSSR count). The van der Waals surface area contributed by atoms with Crippen molar-refractivity contribution >= 4 is 17.2 Å². The Labute approximate surface area is 139 Å². The number of carbonyl (C=O) groups excluding carboxylic acids is 1. The van der Waals surface area contributed by atoms with E-state index < -0.39 is 0 Å². The highest BCUT2D eigenvalue weighted by atomic mass is 32.1. The molecule has 0 N–H and O–H groups in total. The largest absolute Gasteiger partial charge is 0.375 e. The molecule has 1 atom stereocenters. The summed E-state index contributed by atoms with van der Waals surface area (Å²) in [6, 6.07) is 1.91. The van der Waals surface area contributed by atoms with Crippen LogP contribution in [-0.2, 0) is 11.2 Å². The van der Waals surface area contributed by atoms with Gasteiger partial charge in [0.1, 0.15) is 11.2 Å². The van der Waals surface area contributed by atoms with Gasteiger partial charge in [-0.1, -0.05) is 0 Å². The second kappa shape index (κ2) is 7.14. The Bertz CT molecular complexity index is 674. The molecule has 0 aliphatic carbocycles. The summed E-state index contributed by atoms with van der Waals surface area (Å²) >= 11 is 1.47. The van der Waals surface area contributed by atoms with Crippen LogP contribution in [0.4, 0.5) is 0 Å². The molecule has 1 saturated heterocycles. The van der Waals surface area contributed by atoms with Crippen LogP contribution in [0.15, 0.2) is 18.6 Å². The molecule has 0 bridgehead atoms. The summed E-state index contributed by atoms with van der Waals surface area (Å²) in [5.74, 6) is 0.0726. The lowest BCUT2D eigenvalue weighted by Gasteiger charge is -2.32. The van der Waals surface area contributed by atoms with Crippen molar-refractivity contribution in [2.24, 2.45) is 0 Å². The van der Waals surface area contributed by atoms with Gasteiger partial charge >= 0.3 is 0 Å². The summed E-state index contributed by atoms with van der Waals surface area (Å²) in [5.41, 5.74) is 1.82. The van der Waals surface area contributed by atoms with Gasteiger partial charge in [-0.05, 0) is 32.8 Å². The topological polar surface area (TPSA) is 68.2 Å². The SMILES string of the molecule is Cc1nc(C)c(C(=O)N2CCOC(CCc3ccncn3)C2)s1. The number of hydrogen-bond acceptors (Lipinski definition) is 6. The van der Waals surface area contributed by atoms with Crippen molar-refractivity contribution in [2.45, 2.75) is 32.8 Å². The molecule has 1 unspecified atom stereocenters. The Hall–Kier alpha value is -1.86. The molecular weight excluding hydrogens is 312 g/mol. The number of morpholine rings is 1. The molecule has 2 aromatic rings. The fraction of sp³-hybridized carbons (Fsp3) is 0.500. The van der Waals surface area contributed by atoms with E-state index in [0.717, 1.165) is 34.1 Å². The van der Waals surface area contributed by atoms with Crippen molar-refractivity contribution < 1.29 is 9.53 Å². The van der Waals surface area contributed by atoms with Gasteiger partial charge in [0, 0.05) is 25.0 Å². The molecule has 6 nitrogen and oxygen atoms in total. The Kier molecular flexibility index (Phi) is 4.97. The van der Waals surface area contributed by atoms with E-state index in [1.165, 1.54) is 11.3 Å². The molecule has 1 amide bonds. The number of aryl methyl sites for hydroxylation is 3. The number of rotatable bonds is 4. The molecule has 7 heteroatoms. The van der Waals surface area contributed by atoms with Crippen LogP contribution in [-0.4, -0.2) is 51.6 Å². The molecule has 1 fully saturated rings. The molecular formula is C16H20N4O2S. The number of aromatic nitrogens is 3. The lowest BCUT2D eigenvalue weighted by Crippen LogP contribution is -2.45. The number of ether oxygens (including phenoxy) is 1. The molecule has 122 valence electrons. The molecule has 0 spiro atoms. The maximum Gasteiger partial charge on any atom is 0.266 e. The lowest BCUT2D eigenvalue weighted by atomic mass is 10.1. The number of nitrogens with zero attached hydrogens (tertiary/aromatic N) is 4. The lowest BCUT2D eigenvalue weighted by molar-refractivity contribution is -0.0245. The fourth-order valence-corrected chi connectivity index (χ4v) is 3.61. The van der Waals surface area contributed by atoms with Crippen LogP contribution in [0.1, 0.15) is 32.5 Å². The molecule has 0 radical (unpaired) electrons. The molecule has 0 aromatic carbocycles. The summed E-state index contributed by atoms with van der Waals surface area (Å²) in [7, 11) is 0. The van der Waals surface area contributed by atoms with E-state index >= 15 is 0 Å². The standard InChI is InChI=1S/C16H20N4O2S/c1-11-15(23-12(2)19-11)16(21)20-7-8-22-14(9-20)4-3-13-5-6-17-10-18-13/h5-6,10,14H,3-4,7-9H2,1-2H3. The highest BCUT2D eigenvalue weighted by Crippen LogP contribution is 2.21. The van der Waals surface area contributed by atoms with Gasteiger partial charge in [0.25, 0.3) is 5.91 Å². The maximum atomic E-state index is 12.7. The van der Waals surface area contributed by atoms with Gasteiger partial charge < -0.3 is 9.64 Å². The van der Waals surface area contributed by atoms with Crippen LogP contribution >= 0.6 is 11.3 Å². The van der Waals surface area contributed by atoms with Gasteiger partial charge in [-0.25, -0.2) is 15.0 Å². The van der Waals surface area contributed by atoms with Crippen molar-refractivity contribution in [3.8, 4) is 0 Å². The number of hydrogen-bond donors (Lipinski definition) is 0. The minimum absolute atomic E-state index is 0.0528. The van der Waals surface area contributed by atoms with E-state index in [0.29, 0.717) is 19.7 Å². The molecule has 2 aromatic heterocycles. The van der Waals surface area contributed by atoms with E-state index in [9.17, 15) is 4.79 Å². The van der Waals surface area contributed by atoms with Gasteiger partial charge in [-0.3, -0.25) is 4.79 Å². The zero-order valence-corrected chi connectivity index (χ0v) is 14.2. The third kappa shape index (κ3) is 3.92. The van der Waals surface area contributed by atoms with E-state index in [1.807, 2.05) is 24.8 Å². The van der Waals surface area contributed by atoms with Crippen LogP contribution in [0.5, 0.6) is 0 Å². The van der Waals surface area contributed by atoms with Crippen LogP contribution in [0.25, 0.3) is 0 Å². The Morgan fingerprint density at radius 2 is 2.35 bits per heavy atom. The first-order valence-electron chi connectivity index (χ1n) is 7.73. The van der Waals surface area contributed by atoms with Gasteiger partial charge in [0.15, 0.2) is 0 Å². The average Bonchev–Trinajstić information content (AvgIpc) is 2.92. The Morgan fingerprint density at radius 3 is 3.04 bits per heavy atom. The zero-order chi connectivity index (χ0) is 16.2. The summed E-state index contributed by atoms with van der Waals surface area (Å²) < 4.78 is 5.80. The zero-order valence-electron chi connectivity index (χ0n) is 13.4. The minimum atomic E-state index is 0.0528. The van der Waals surface area contributed by atoms with Crippen molar-refractivity contribution in [3.05, 3.63) is 39.9 Å². The molecule has 23 heavy (non-hydrogen) atoms. The number of amides is 1. The summed E-state index contributed by atoms with van der Waals surface area (Å²) in [6.45, 7) is 5.67. The maximum absolute atomic E-state index is 12.7. The van der Waals surface area contributed by atoms with E-state index in [2.05, 4.69) is 15.0 Å². The smallest absolute Gasteiger partial charge is 0.266 e. The van der Waals surface area contributed by atoms with Crippen molar-refractivity contribution in [2.75, 3.05) is 19.7 Å². The third-order valence-electron chi connectivity index (χ3n) is 3.89. The van der Waals surface area contributed by atoms with Crippen LogP contribution in [0.3, 0.4) is 0 Å². The van der Waals surface area contributed by atoms with Crippen LogP contribution in [0, 0.1) is 13.8 Å². The highest BCUT2D eigenvalue weighted by molar-refractivity contribution is 7.13. The first-order chi connectivity index (χ1) is 11.1. The molecule has 1 aliphatic heterocycles. The summed E-state index contributed by atoms with van der Waals surface area (Å²) in [4.78, 5) is 27.8. The quantitative estimate of drug-likeness (QED) is 0.857. The van der Waals surface area contributed by atoms with Crippen molar-refractivity contribution in [1.29, 1.82) is 0 Å². The summed E-state index contributed by atoms with van der Waals surface area (Å²) in [5, 5.41) is 0.930. The highest BCUT2D eigenvalue weighted by Gasteiger charge is 2.27. The second-order valence-electron chi connectivity index (χ2n) is 5.63. The predicted molar refractivity (Wildman–Crippen MR) is 87.6 cm³/mol. The Balaban J connectivity index is 1.59. The second-order valence-corrected chi connectivity index (χ2v) is 6.83. The summed E-state index contributed by atoms with van der Waals surface area (Å²) in [6.07, 6.45) is 5.03. The third-order valence-corrected chi connectivity index (χ3v) is 4.95. The van der Waals surface area contributed by atoms with Gasteiger partial charge in [-0.15, -0.1) is 11.3 Å². The van der Waals surface area contributed by atoms with E-state index in [4.69, 9.17) is 4.74 Å². The van der Waals surface area contributed by atoms with Gasteiger partial charge in [0.05, 0.1) is 23.4 Å². The normalized spacial score (nSPS) is 18.2. The monoisotopic (exact) mass is 332 g/mol. The number of thiazole rings is 1. The van der Waals surface area contributed by atoms with Gasteiger partial charge in [-0.2, -0.15) is 0 Å². The van der Waals surface area contributed by atoms with Crippen molar-refractivity contribution in [1.82, 2.24) is 19.9 Å². The van der Waals surface area contributed by atoms with E-state index in [1.54, 1.807) is 12.5 Å². The molecule has 3 heterocycles. The fourth-order valence-electron chi connectivity index (χ4n) is 2.73. The van der Waals surface area contributed by atoms with Crippen molar-refractivity contribution in [3.63, 3.8) is 0 Å². The van der Waals surface area contributed by atoms with Crippen LogP contribution in [0.2, 0.25) is 0 Å². The predicted octanol–water partition coefficient (Wildman–Crippen LogP) is 2.02. The molecule has 0 saturated carbocycles.